The molecule has 94 valence electrons. The summed E-state index contributed by atoms with van der Waals surface area (Å²) in [4.78, 5) is 5.23. The molecule has 2 rings (SSSR count). The van der Waals surface area contributed by atoms with Gasteiger partial charge in [0, 0.05) is 11.9 Å². The minimum atomic E-state index is 0.661. The van der Waals surface area contributed by atoms with Gasteiger partial charge in [-0.1, -0.05) is 6.42 Å². The zero-order valence-corrected chi connectivity index (χ0v) is 11.1. The molecule has 0 aromatic carbocycles. The number of rotatable bonds is 5. The summed E-state index contributed by atoms with van der Waals surface area (Å²) in [5.74, 6) is 0.823. The van der Waals surface area contributed by atoms with Gasteiger partial charge < -0.3 is 4.90 Å². The number of hydrogen-bond acceptors (Lipinski definition) is 2. The fraction of sp³-hybridized carbons (Fsp3) is 1.00. The lowest BCUT2D eigenvalue weighted by Gasteiger charge is -2.34. The van der Waals surface area contributed by atoms with Gasteiger partial charge in [-0.3, -0.25) is 4.90 Å². The Hall–Kier alpha value is 0.210. The first-order valence-corrected chi connectivity index (χ1v) is 7.46. The van der Waals surface area contributed by atoms with Gasteiger partial charge in [0.15, 0.2) is 0 Å². The third-order valence-electron chi connectivity index (χ3n) is 4.05. The highest BCUT2D eigenvalue weighted by atomic mass is 35.5. The van der Waals surface area contributed by atoms with Crippen LogP contribution < -0.4 is 0 Å². The molecule has 2 saturated heterocycles. The molecule has 0 amide bonds. The summed E-state index contributed by atoms with van der Waals surface area (Å²) in [5, 5.41) is 0. The zero-order chi connectivity index (χ0) is 11.2. The van der Waals surface area contributed by atoms with Crippen LogP contribution in [0.25, 0.3) is 0 Å². The zero-order valence-electron chi connectivity index (χ0n) is 10.3. The summed E-state index contributed by atoms with van der Waals surface area (Å²) >= 11 is 6.03. The smallest absolute Gasteiger partial charge is 0.0379 e. The van der Waals surface area contributed by atoms with E-state index in [0.29, 0.717) is 6.04 Å². The molecule has 1 unspecified atom stereocenters. The van der Waals surface area contributed by atoms with Crippen molar-refractivity contribution in [2.24, 2.45) is 0 Å². The Balaban J connectivity index is 1.63. The Morgan fingerprint density at radius 2 is 1.69 bits per heavy atom. The third kappa shape index (κ3) is 3.61. The summed E-state index contributed by atoms with van der Waals surface area (Å²) in [5.41, 5.74) is 0. The van der Waals surface area contributed by atoms with E-state index >= 15 is 0 Å². The molecular weight excluding hydrogens is 220 g/mol. The number of piperidine rings is 1. The second-order valence-corrected chi connectivity index (χ2v) is 5.55. The molecule has 1 atom stereocenters. The molecule has 2 aliphatic rings. The molecule has 2 aliphatic heterocycles. The van der Waals surface area contributed by atoms with Crippen LogP contribution in [0.5, 0.6) is 0 Å². The summed E-state index contributed by atoms with van der Waals surface area (Å²) < 4.78 is 0. The Morgan fingerprint density at radius 1 is 0.938 bits per heavy atom. The van der Waals surface area contributed by atoms with Crippen LogP contribution in [-0.4, -0.2) is 54.4 Å². The van der Waals surface area contributed by atoms with E-state index in [0.717, 1.165) is 5.88 Å². The fourth-order valence-corrected chi connectivity index (χ4v) is 3.38. The van der Waals surface area contributed by atoms with Gasteiger partial charge in [-0.25, -0.2) is 0 Å². The van der Waals surface area contributed by atoms with Crippen LogP contribution in [0, 0.1) is 0 Å². The van der Waals surface area contributed by atoms with Crippen LogP contribution >= 0.6 is 11.6 Å². The fourth-order valence-electron chi connectivity index (χ4n) is 3.03. The van der Waals surface area contributed by atoms with E-state index in [1.807, 2.05) is 0 Å². The molecule has 0 aliphatic carbocycles. The van der Waals surface area contributed by atoms with Gasteiger partial charge >= 0.3 is 0 Å². The molecule has 2 heterocycles. The van der Waals surface area contributed by atoms with E-state index < -0.39 is 0 Å². The highest BCUT2D eigenvalue weighted by Gasteiger charge is 2.21. The summed E-state index contributed by atoms with van der Waals surface area (Å²) in [6.45, 7) is 6.49. The second kappa shape index (κ2) is 6.83. The molecule has 0 spiro atoms. The average Bonchev–Trinajstić information content (AvgIpc) is 2.83. The second-order valence-electron chi connectivity index (χ2n) is 5.24. The maximum Gasteiger partial charge on any atom is 0.0379 e. The molecule has 0 bridgehead atoms. The first kappa shape index (κ1) is 12.7. The largest absolute Gasteiger partial charge is 0.303 e. The minimum absolute atomic E-state index is 0.661. The number of hydrogen-bond donors (Lipinski definition) is 0. The van der Waals surface area contributed by atoms with Crippen LogP contribution in [0.2, 0.25) is 0 Å². The predicted molar refractivity (Wildman–Crippen MR) is 70.2 cm³/mol. The number of nitrogens with zero attached hydrogens (tertiary/aromatic N) is 2. The van der Waals surface area contributed by atoms with Gasteiger partial charge in [0.05, 0.1) is 0 Å². The van der Waals surface area contributed by atoms with E-state index in [2.05, 4.69) is 9.80 Å². The SMILES string of the molecule is ClCC1CCCCN1CCCN1CCCC1. The van der Waals surface area contributed by atoms with Crippen molar-refractivity contribution < 1.29 is 0 Å². The molecule has 0 aromatic heterocycles. The standard InChI is InChI=1S/C13H25ClN2/c14-12-13-6-1-2-10-16(13)11-5-9-15-7-3-4-8-15/h13H,1-12H2. The van der Waals surface area contributed by atoms with E-state index in [1.54, 1.807) is 0 Å². The molecule has 16 heavy (non-hydrogen) atoms. The van der Waals surface area contributed by atoms with E-state index in [1.165, 1.54) is 71.2 Å². The molecule has 0 radical (unpaired) electrons. The third-order valence-corrected chi connectivity index (χ3v) is 4.40. The first-order valence-electron chi connectivity index (χ1n) is 6.92. The van der Waals surface area contributed by atoms with Gasteiger partial charge in [0.1, 0.15) is 0 Å². The topological polar surface area (TPSA) is 6.48 Å². The Labute approximate surface area is 105 Å². The molecule has 2 nitrogen and oxygen atoms in total. The van der Waals surface area contributed by atoms with Crippen LogP contribution in [0.15, 0.2) is 0 Å². The lowest BCUT2D eigenvalue weighted by Crippen LogP contribution is -2.42. The van der Waals surface area contributed by atoms with Crippen molar-refractivity contribution in [3.63, 3.8) is 0 Å². The van der Waals surface area contributed by atoms with E-state index in [4.69, 9.17) is 11.6 Å². The molecule has 0 saturated carbocycles. The van der Waals surface area contributed by atoms with Gasteiger partial charge in [-0.05, 0) is 64.8 Å². The summed E-state index contributed by atoms with van der Waals surface area (Å²) in [6.07, 6.45) is 8.21. The van der Waals surface area contributed by atoms with Gasteiger partial charge in [-0.2, -0.15) is 0 Å². The van der Waals surface area contributed by atoms with Crippen molar-refractivity contribution in [2.45, 2.75) is 44.6 Å². The maximum absolute atomic E-state index is 6.03. The Morgan fingerprint density at radius 3 is 2.44 bits per heavy atom. The lowest BCUT2D eigenvalue weighted by atomic mass is 10.0. The van der Waals surface area contributed by atoms with Crippen molar-refractivity contribution in [1.29, 1.82) is 0 Å². The van der Waals surface area contributed by atoms with Crippen molar-refractivity contribution in [2.75, 3.05) is 38.6 Å². The highest BCUT2D eigenvalue weighted by Crippen LogP contribution is 2.18. The average molecular weight is 245 g/mol. The molecule has 0 aromatic rings. The molecule has 0 N–H and O–H groups in total. The van der Waals surface area contributed by atoms with E-state index in [9.17, 15) is 0 Å². The summed E-state index contributed by atoms with van der Waals surface area (Å²) in [6, 6.07) is 0.661. The van der Waals surface area contributed by atoms with Gasteiger partial charge in [0.25, 0.3) is 0 Å². The van der Waals surface area contributed by atoms with Gasteiger partial charge in [0.2, 0.25) is 0 Å². The normalized spacial score (nSPS) is 28.7. The van der Waals surface area contributed by atoms with Crippen molar-refractivity contribution in [3.8, 4) is 0 Å². The van der Waals surface area contributed by atoms with Gasteiger partial charge in [-0.15, -0.1) is 11.6 Å². The van der Waals surface area contributed by atoms with Crippen molar-refractivity contribution >= 4 is 11.6 Å². The Kier molecular flexibility index (Phi) is 5.40. The number of halogens is 1. The van der Waals surface area contributed by atoms with E-state index in [-0.39, 0.29) is 0 Å². The molecule has 3 heteroatoms. The maximum atomic E-state index is 6.03. The van der Waals surface area contributed by atoms with Crippen molar-refractivity contribution in [1.82, 2.24) is 9.80 Å². The predicted octanol–water partition coefficient (Wildman–Crippen LogP) is 2.57. The van der Waals surface area contributed by atoms with Crippen LogP contribution in [-0.2, 0) is 0 Å². The van der Waals surface area contributed by atoms with Crippen LogP contribution in [0.1, 0.15) is 38.5 Å². The first-order chi connectivity index (χ1) is 7.90. The van der Waals surface area contributed by atoms with Crippen LogP contribution in [0.3, 0.4) is 0 Å². The number of likely N-dealkylation sites (tertiary alicyclic amines) is 2. The highest BCUT2D eigenvalue weighted by molar-refractivity contribution is 6.18. The quantitative estimate of drug-likeness (QED) is 0.686. The van der Waals surface area contributed by atoms with Crippen molar-refractivity contribution in [3.05, 3.63) is 0 Å². The molecule has 2 fully saturated rings. The lowest BCUT2D eigenvalue weighted by molar-refractivity contribution is 0.154. The monoisotopic (exact) mass is 244 g/mol. The number of alkyl halides is 1. The summed E-state index contributed by atoms with van der Waals surface area (Å²) in [7, 11) is 0. The minimum Gasteiger partial charge on any atom is -0.303 e. The Bertz CT molecular complexity index is 192. The van der Waals surface area contributed by atoms with Crippen LogP contribution in [0.4, 0.5) is 0 Å². The molecular formula is C13H25ClN2.